The molecule has 0 saturated heterocycles. The average Bonchev–Trinajstić information content (AvgIpc) is 3.21. The highest BCUT2D eigenvalue weighted by molar-refractivity contribution is 5.77. The lowest BCUT2D eigenvalue weighted by Gasteiger charge is -2.20. The second-order valence-corrected chi connectivity index (χ2v) is 8.92. The molecule has 1 amide bonds. The summed E-state index contributed by atoms with van der Waals surface area (Å²) in [6, 6.07) is 23.8. The lowest BCUT2D eigenvalue weighted by Crippen LogP contribution is -2.34. The molecule has 0 saturated carbocycles. The van der Waals surface area contributed by atoms with Crippen LogP contribution in [0, 0.1) is 13.8 Å². The van der Waals surface area contributed by atoms with Crippen LogP contribution in [0.3, 0.4) is 0 Å². The van der Waals surface area contributed by atoms with Crippen LogP contribution in [0.25, 0.3) is 11.0 Å². The first kappa shape index (κ1) is 25.8. The third-order valence-corrected chi connectivity index (χ3v) is 6.23. The van der Waals surface area contributed by atoms with E-state index < -0.39 is 12.2 Å². The normalized spacial score (nSPS) is 12.4. The number of fused-ring (bicyclic) bond motifs is 1. The summed E-state index contributed by atoms with van der Waals surface area (Å²) in [4.78, 5) is 28.7. The van der Waals surface area contributed by atoms with Crippen molar-refractivity contribution in [3.05, 3.63) is 101 Å². The Morgan fingerprint density at radius 3 is 2.00 bits per heavy atom. The van der Waals surface area contributed by atoms with E-state index in [9.17, 15) is 9.59 Å². The fourth-order valence-corrected chi connectivity index (χ4v) is 4.32. The number of imidazole rings is 1. The molecular weight excluding hydrogens is 470 g/mol. The van der Waals surface area contributed by atoms with Crippen LogP contribution in [0.4, 0.5) is 9.59 Å². The third kappa shape index (κ3) is 6.09. The highest BCUT2D eigenvalue weighted by atomic mass is 16.7. The number of aromatic nitrogens is 2. The molecule has 4 aromatic rings. The van der Waals surface area contributed by atoms with Crippen molar-refractivity contribution in [2.24, 2.45) is 4.99 Å². The Kier molecular flexibility index (Phi) is 8.08. The van der Waals surface area contributed by atoms with Crippen LogP contribution in [-0.4, -0.2) is 42.2 Å². The van der Waals surface area contributed by atoms with Crippen molar-refractivity contribution in [3.8, 4) is 0 Å². The number of carbonyl (C=O) groups excluding carboxylic acids is 2. The molecule has 0 fully saturated rings. The maximum atomic E-state index is 12.5. The number of ether oxygens (including phenoxy) is 3. The minimum atomic E-state index is -0.774. The molecule has 1 atom stereocenters. The SMILES string of the molecule is COC(=O)/N=c1/n(Cc2ccc(C)cc2)c2ccccc2n1C(COC(=O)OC)Cc1ccc(C)cc1. The molecule has 4 rings (SSSR count). The molecule has 37 heavy (non-hydrogen) atoms. The zero-order valence-electron chi connectivity index (χ0n) is 21.5. The predicted octanol–water partition coefficient (Wildman–Crippen LogP) is 5.34. The Labute approximate surface area is 215 Å². The number of methoxy groups -OCH3 is 2. The summed E-state index contributed by atoms with van der Waals surface area (Å²) in [5.41, 5.74) is 6.56. The van der Waals surface area contributed by atoms with Gasteiger partial charge in [-0.25, -0.2) is 9.59 Å². The summed E-state index contributed by atoms with van der Waals surface area (Å²) >= 11 is 0. The first-order chi connectivity index (χ1) is 17.9. The topological polar surface area (TPSA) is 84.0 Å². The van der Waals surface area contributed by atoms with Crippen molar-refractivity contribution < 1.29 is 23.8 Å². The average molecular weight is 502 g/mol. The van der Waals surface area contributed by atoms with E-state index >= 15 is 0 Å². The van der Waals surface area contributed by atoms with Gasteiger partial charge in [-0.05, 0) is 43.5 Å². The second-order valence-electron chi connectivity index (χ2n) is 8.92. The van der Waals surface area contributed by atoms with Gasteiger partial charge in [-0.2, -0.15) is 0 Å². The highest BCUT2D eigenvalue weighted by Crippen LogP contribution is 2.23. The molecule has 8 nitrogen and oxygen atoms in total. The van der Waals surface area contributed by atoms with E-state index in [1.165, 1.54) is 14.2 Å². The van der Waals surface area contributed by atoms with E-state index in [2.05, 4.69) is 29.3 Å². The smallest absolute Gasteiger partial charge is 0.451 e. The van der Waals surface area contributed by atoms with E-state index in [-0.39, 0.29) is 12.6 Å². The summed E-state index contributed by atoms with van der Waals surface area (Å²) in [6.07, 6.45) is -0.960. The van der Waals surface area contributed by atoms with Crippen molar-refractivity contribution in [1.29, 1.82) is 0 Å². The molecule has 1 heterocycles. The van der Waals surface area contributed by atoms with Crippen LogP contribution < -0.4 is 5.62 Å². The van der Waals surface area contributed by atoms with Crippen LogP contribution in [0.2, 0.25) is 0 Å². The summed E-state index contributed by atoms with van der Waals surface area (Å²) in [6.45, 7) is 4.58. The molecular formula is C29H31N3O5. The van der Waals surface area contributed by atoms with Gasteiger partial charge in [-0.15, -0.1) is 4.99 Å². The van der Waals surface area contributed by atoms with E-state index in [1.54, 1.807) is 0 Å². The van der Waals surface area contributed by atoms with Gasteiger partial charge < -0.3 is 23.3 Å². The molecule has 0 radical (unpaired) electrons. The molecule has 1 aromatic heterocycles. The second kappa shape index (κ2) is 11.6. The number of para-hydroxylation sites is 2. The van der Waals surface area contributed by atoms with Gasteiger partial charge in [0.05, 0.1) is 37.8 Å². The zero-order chi connectivity index (χ0) is 26.4. The van der Waals surface area contributed by atoms with Crippen molar-refractivity contribution in [1.82, 2.24) is 9.13 Å². The minimum absolute atomic E-state index is 0.0213. The van der Waals surface area contributed by atoms with Crippen molar-refractivity contribution in [3.63, 3.8) is 0 Å². The van der Waals surface area contributed by atoms with Crippen molar-refractivity contribution in [2.75, 3.05) is 20.8 Å². The molecule has 192 valence electrons. The van der Waals surface area contributed by atoms with Crippen LogP contribution in [0.5, 0.6) is 0 Å². The summed E-state index contributed by atoms with van der Waals surface area (Å²) in [5.74, 6) is 0. The Bertz CT molecular complexity index is 1450. The molecule has 0 N–H and O–H groups in total. The monoisotopic (exact) mass is 501 g/mol. The molecule has 1 unspecified atom stereocenters. The van der Waals surface area contributed by atoms with Crippen LogP contribution in [0.15, 0.2) is 77.8 Å². The largest absolute Gasteiger partial charge is 0.508 e. The standard InChI is InChI=1S/C29H31N3O5/c1-20-9-13-22(14-10-20)17-24(19-37-29(34)36-4)32-26-8-6-5-7-25(26)31(27(32)30-28(33)35-3)18-23-15-11-21(2)12-16-23/h5-16,24H,17-19H2,1-4H3/b30-27-. The number of nitrogens with zero attached hydrogens (tertiary/aromatic N) is 3. The quantitative estimate of drug-likeness (QED) is 0.319. The van der Waals surface area contributed by atoms with Gasteiger partial charge in [0, 0.05) is 0 Å². The van der Waals surface area contributed by atoms with Crippen LogP contribution in [0.1, 0.15) is 28.3 Å². The Morgan fingerprint density at radius 2 is 1.41 bits per heavy atom. The van der Waals surface area contributed by atoms with E-state index in [4.69, 9.17) is 14.2 Å². The molecule has 8 heteroatoms. The molecule has 0 bridgehead atoms. The van der Waals surface area contributed by atoms with Gasteiger partial charge >= 0.3 is 12.2 Å². The number of hydrogen-bond donors (Lipinski definition) is 0. The van der Waals surface area contributed by atoms with Gasteiger partial charge in [0.2, 0.25) is 5.62 Å². The molecule has 0 aliphatic heterocycles. The Hall–Kier alpha value is -4.33. The van der Waals surface area contributed by atoms with Gasteiger partial charge in [0.25, 0.3) is 0 Å². The number of carbonyl (C=O) groups is 2. The fourth-order valence-electron chi connectivity index (χ4n) is 4.32. The molecule has 0 aliphatic carbocycles. The summed E-state index contributed by atoms with van der Waals surface area (Å²) < 4.78 is 19.0. The lowest BCUT2D eigenvalue weighted by molar-refractivity contribution is 0.0610. The maximum absolute atomic E-state index is 12.5. The molecule has 0 aliphatic rings. The minimum Gasteiger partial charge on any atom is -0.451 e. The fraction of sp³-hybridized carbons (Fsp3) is 0.276. The van der Waals surface area contributed by atoms with Crippen molar-refractivity contribution >= 4 is 23.3 Å². The molecule has 3 aromatic carbocycles. The van der Waals surface area contributed by atoms with Gasteiger partial charge in [-0.1, -0.05) is 71.8 Å². The zero-order valence-corrected chi connectivity index (χ0v) is 21.5. The number of aryl methyl sites for hydroxylation is 2. The number of rotatable bonds is 7. The van der Waals surface area contributed by atoms with Crippen LogP contribution in [-0.2, 0) is 27.2 Å². The van der Waals surface area contributed by atoms with Gasteiger partial charge in [-0.3, -0.25) is 0 Å². The third-order valence-electron chi connectivity index (χ3n) is 6.23. The number of benzene rings is 3. The maximum Gasteiger partial charge on any atom is 0.508 e. The molecule has 0 spiro atoms. The first-order valence-corrected chi connectivity index (χ1v) is 12.0. The van der Waals surface area contributed by atoms with E-state index in [0.717, 1.165) is 33.3 Å². The summed E-state index contributed by atoms with van der Waals surface area (Å²) in [7, 11) is 2.57. The predicted molar refractivity (Wildman–Crippen MR) is 140 cm³/mol. The Morgan fingerprint density at radius 1 is 0.811 bits per heavy atom. The van der Waals surface area contributed by atoms with Crippen molar-refractivity contribution in [2.45, 2.75) is 32.9 Å². The number of amides is 1. The van der Waals surface area contributed by atoms with Crippen LogP contribution >= 0.6 is 0 Å². The van der Waals surface area contributed by atoms with Gasteiger partial charge in [0.1, 0.15) is 6.61 Å². The first-order valence-electron chi connectivity index (χ1n) is 12.0. The lowest BCUT2D eigenvalue weighted by atomic mass is 10.0. The van der Waals surface area contributed by atoms with E-state index in [1.807, 2.05) is 71.5 Å². The van der Waals surface area contributed by atoms with Gasteiger partial charge in [0.15, 0.2) is 0 Å². The summed E-state index contributed by atoms with van der Waals surface area (Å²) in [5, 5.41) is 0. The Balaban J connectivity index is 1.92. The van der Waals surface area contributed by atoms with E-state index in [0.29, 0.717) is 18.6 Å². The highest BCUT2D eigenvalue weighted by Gasteiger charge is 2.23. The number of hydrogen-bond acceptors (Lipinski definition) is 5.